The standard InChI is InChI=1S/C46H59F2N11O6/c1-27(60)56-20-14-36-34(26-56)44(57-17-5-7-28-21-32(29(23-49)24-50-2)33(42(47)48)22-38(28)57)54(3)59(36)30-12-18-55(19-13-30)16-6-15-51-40(62)25-52-35-9-4-8-31-41(35)46(65)58(45(31)64)37-10-11-39(61)53-43(37)63/h4,8-9,21-23,29-30,37,42,44,49-50,52H,5-7,10-20,24-26H2,1-3H3,(H,51,62)(H,53,61,63). The molecule has 2 aromatic carbocycles. The van der Waals surface area contributed by atoms with Crippen molar-refractivity contribution in [2.75, 3.05) is 83.2 Å². The van der Waals surface area contributed by atoms with Crippen LogP contribution in [0, 0.1) is 5.41 Å². The summed E-state index contributed by atoms with van der Waals surface area (Å²) < 4.78 is 29.5. The molecule has 6 heterocycles. The largest absolute Gasteiger partial charge is 0.375 e. The van der Waals surface area contributed by atoms with E-state index in [1.54, 1.807) is 32.2 Å². The average Bonchev–Trinajstić information content (AvgIpc) is 3.73. The number of nitrogens with zero attached hydrogens (tertiary/aromatic N) is 6. The smallest absolute Gasteiger partial charge is 0.264 e. The van der Waals surface area contributed by atoms with Crippen LogP contribution < -0.4 is 26.2 Å². The monoisotopic (exact) mass is 899 g/mol. The van der Waals surface area contributed by atoms with Gasteiger partial charge in [-0.2, -0.15) is 5.01 Å². The number of carbonyl (C=O) groups is 6. The summed E-state index contributed by atoms with van der Waals surface area (Å²) in [5.41, 5.74) is 5.12. The third kappa shape index (κ3) is 8.97. The first-order valence-corrected chi connectivity index (χ1v) is 22.7. The lowest BCUT2D eigenvalue weighted by Gasteiger charge is -2.46. The molecule has 0 spiro atoms. The van der Waals surface area contributed by atoms with Gasteiger partial charge in [0.1, 0.15) is 12.2 Å². The number of aryl methyl sites for hydroxylation is 1. The van der Waals surface area contributed by atoms with E-state index in [9.17, 15) is 37.5 Å². The van der Waals surface area contributed by atoms with E-state index in [0.717, 1.165) is 73.5 Å². The van der Waals surface area contributed by atoms with Gasteiger partial charge in [0.25, 0.3) is 18.2 Å². The highest BCUT2D eigenvalue weighted by molar-refractivity contribution is 6.25. The fraction of sp³-hybridized carbons (Fsp3) is 0.543. The highest BCUT2D eigenvalue weighted by Gasteiger charge is 2.48. The number of hydrogen-bond donors (Lipinski definition) is 5. The number of fused-ring (bicyclic) bond motifs is 2. The first-order chi connectivity index (χ1) is 31.3. The number of halogens is 2. The fourth-order valence-corrected chi connectivity index (χ4v) is 10.7. The van der Waals surface area contributed by atoms with E-state index in [4.69, 9.17) is 5.41 Å². The molecule has 3 unspecified atom stereocenters. The van der Waals surface area contributed by atoms with Crippen molar-refractivity contribution in [1.82, 2.24) is 40.7 Å². The number of carbonyl (C=O) groups excluding carboxylic acids is 6. The molecule has 17 nitrogen and oxygen atoms in total. The number of anilines is 2. The highest BCUT2D eigenvalue weighted by atomic mass is 19.3. The van der Waals surface area contributed by atoms with E-state index in [1.165, 1.54) is 18.0 Å². The van der Waals surface area contributed by atoms with E-state index in [1.807, 2.05) is 11.0 Å². The molecule has 8 rings (SSSR count). The summed E-state index contributed by atoms with van der Waals surface area (Å²) in [6.45, 7) is 6.57. The number of imide groups is 2. The molecule has 65 heavy (non-hydrogen) atoms. The van der Waals surface area contributed by atoms with Gasteiger partial charge in [-0.15, -0.1) is 0 Å². The Morgan fingerprint density at radius 2 is 1.77 bits per heavy atom. The van der Waals surface area contributed by atoms with E-state index < -0.39 is 42.0 Å². The molecule has 6 aliphatic rings. The van der Waals surface area contributed by atoms with Gasteiger partial charge in [0, 0.05) is 119 Å². The van der Waals surface area contributed by atoms with Gasteiger partial charge < -0.3 is 41.1 Å². The van der Waals surface area contributed by atoms with Gasteiger partial charge in [0.2, 0.25) is 23.6 Å². The van der Waals surface area contributed by atoms with Gasteiger partial charge >= 0.3 is 0 Å². The number of piperidine rings is 2. The first-order valence-electron chi connectivity index (χ1n) is 22.7. The van der Waals surface area contributed by atoms with Crippen molar-refractivity contribution in [3.63, 3.8) is 0 Å². The number of hydrogen-bond acceptors (Lipinski definition) is 13. The maximum absolute atomic E-state index is 14.8. The normalized spacial score (nSPS) is 22.3. The Morgan fingerprint density at radius 1 is 0.985 bits per heavy atom. The average molecular weight is 900 g/mol. The quantitative estimate of drug-likeness (QED) is 0.1000. The van der Waals surface area contributed by atoms with E-state index >= 15 is 0 Å². The number of amides is 6. The van der Waals surface area contributed by atoms with Crippen LogP contribution >= 0.6 is 0 Å². The van der Waals surface area contributed by atoms with Crippen molar-refractivity contribution in [2.45, 2.75) is 88.9 Å². The number of alkyl halides is 2. The Kier molecular flexibility index (Phi) is 13.6. The number of rotatable bonds is 15. The predicted octanol–water partition coefficient (Wildman–Crippen LogP) is 2.81. The van der Waals surface area contributed by atoms with Crippen LogP contribution in [0.2, 0.25) is 0 Å². The minimum atomic E-state index is -2.70. The van der Waals surface area contributed by atoms with Crippen LogP contribution in [-0.2, 0) is 25.6 Å². The molecule has 5 N–H and O–H groups in total. The van der Waals surface area contributed by atoms with Crippen LogP contribution in [0.5, 0.6) is 0 Å². The van der Waals surface area contributed by atoms with Crippen LogP contribution in [0.25, 0.3) is 0 Å². The molecular formula is C46H59F2N11O6. The molecule has 348 valence electrons. The minimum Gasteiger partial charge on any atom is -0.375 e. The number of hydrazine groups is 1. The number of likely N-dealkylation sites (N-methyl/N-ethyl adjacent to an activating group) is 2. The molecule has 0 radical (unpaired) electrons. The van der Waals surface area contributed by atoms with Crippen LogP contribution in [0.4, 0.5) is 20.2 Å². The summed E-state index contributed by atoms with van der Waals surface area (Å²) in [7, 11) is 3.84. The summed E-state index contributed by atoms with van der Waals surface area (Å²) in [6.07, 6.45) is 3.21. The first kappa shape index (κ1) is 45.8. The molecular weight excluding hydrogens is 841 g/mol. The molecule has 2 aromatic rings. The van der Waals surface area contributed by atoms with E-state index in [2.05, 4.69) is 48.1 Å². The molecule has 2 saturated heterocycles. The van der Waals surface area contributed by atoms with Gasteiger partial charge in [0.05, 0.1) is 17.7 Å². The minimum absolute atomic E-state index is 0.0108. The number of benzene rings is 2. The van der Waals surface area contributed by atoms with Gasteiger partial charge in [-0.1, -0.05) is 12.1 Å². The Bertz CT molecular complexity index is 2280. The van der Waals surface area contributed by atoms with Crippen molar-refractivity contribution >= 4 is 53.0 Å². The van der Waals surface area contributed by atoms with Crippen LogP contribution in [0.15, 0.2) is 41.6 Å². The van der Waals surface area contributed by atoms with E-state index in [-0.39, 0.29) is 60.1 Å². The second-order valence-electron chi connectivity index (χ2n) is 17.8. The molecule has 0 bridgehead atoms. The van der Waals surface area contributed by atoms with Crippen LogP contribution in [0.3, 0.4) is 0 Å². The molecule has 6 aliphatic heterocycles. The van der Waals surface area contributed by atoms with Crippen molar-refractivity contribution in [3.8, 4) is 0 Å². The van der Waals surface area contributed by atoms with Crippen LogP contribution in [0.1, 0.15) is 102 Å². The zero-order valence-electron chi connectivity index (χ0n) is 37.3. The van der Waals surface area contributed by atoms with Gasteiger partial charge in [-0.3, -0.25) is 39.0 Å². The zero-order chi connectivity index (χ0) is 46.1. The molecule has 0 saturated carbocycles. The third-order valence-corrected chi connectivity index (χ3v) is 13.9. The summed E-state index contributed by atoms with van der Waals surface area (Å²) in [5, 5.41) is 23.9. The van der Waals surface area contributed by atoms with Gasteiger partial charge in [-0.25, -0.2) is 8.78 Å². The molecule has 3 atom stereocenters. The van der Waals surface area contributed by atoms with Crippen molar-refractivity contribution in [1.29, 1.82) is 5.41 Å². The molecule has 0 aromatic heterocycles. The number of nitrogens with one attached hydrogen (secondary N) is 5. The SMILES string of the molecule is CNCC(C=N)c1cc2c(cc1C(F)F)N(C1C3=C(CCN(C(C)=O)C3)N(C3CCN(CCCNC(=O)CNc4cccc5c4C(=O)N(C4CCC(=O)NC4=O)C5=O)CC3)N1C)CCC2. The van der Waals surface area contributed by atoms with Crippen molar-refractivity contribution in [3.05, 3.63) is 69.4 Å². The predicted molar refractivity (Wildman–Crippen MR) is 238 cm³/mol. The molecule has 6 amide bonds. The zero-order valence-corrected chi connectivity index (χ0v) is 37.3. The van der Waals surface area contributed by atoms with E-state index in [0.29, 0.717) is 50.4 Å². The maximum atomic E-state index is 14.8. The second-order valence-corrected chi connectivity index (χ2v) is 17.8. The fourth-order valence-electron chi connectivity index (χ4n) is 10.7. The Labute approximate surface area is 377 Å². The van der Waals surface area contributed by atoms with Gasteiger partial charge in [-0.05, 0) is 81.4 Å². The summed E-state index contributed by atoms with van der Waals surface area (Å²) in [6, 6.07) is 7.38. The van der Waals surface area contributed by atoms with Crippen molar-refractivity contribution < 1.29 is 37.5 Å². The lowest BCUT2D eigenvalue weighted by atomic mass is 9.88. The maximum Gasteiger partial charge on any atom is 0.264 e. The Hall–Kier alpha value is -5.79. The van der Waals surface area contributed by atoms with Crippen molar-refractivity contribution in [2.24, 2.45) is 0 Å². The molecule has 0 aliphatic carbocycles. The topological polar surface area (TPSA) is 194 Å². The van der Waals surface area contributed by atoms with Gasteiger partial charge in [0.15, 0.2) is 0 Å². The number of likely N-dealkylation sites (tertiary alicyclic amines) is 1. The lowest BCUT2D eigenvalue weighted by molar-refractivity contribution is -0.136. The second kappa shape index (κ2) is 19.4. The Morgan fingerprint density at radius 3 is 2.48 bits per heavy atom. The third-order valence-electron chi connectivity index (χ3n) is 13.9. The lowest BCUT2D eigenvalue weighted by Crippen LogP contribution is -2.55. The molecule has 2 fully saturated rings. The summed E-state index contributed by atoms with van der Waals surface area (Å²) in [4.78, 5) is 83.8. The summed E-state index contributed by atoms with van der Waals surface area (Å²) in [5.74, 6) is -3.14. The van der Waals surface area contributed by atoms with Crippen LogP contribution in [-0.4, -0.2) is 158 Å². The molecule has 19 heteroatoms. The highest BCUT2D eigenvalue weighted by Crippen LogP contribution is 2.44. The summed E-state index contributed by atoms with van der Waals surface area (Å²) >= 11 is 0. The Balaban J connectivity index is 0.865.